The Bertz CT molecular complexity index is 355. The molecule has 2 N–H and O–H groups in total. The molecular weight excluding hydrogens is 247 g/mol. The molecule has 1 aromatic rings. The summed E-state index contributed by atoms with van der Waals surface area (Å²) >= 11 is 0. The fourth-order valence-corrected chi connectivity index (χ4v) is 1.97. The zero-order chi connectivity index (χ0) is 14.3. The lowest BCUT2D eigenvalue weighted by molar-refractivity contribution is -0.116. The molecule has 0 aliphatic heterocycles. The van der Waals surface area contributed by atoms with Crippen LogP contribution in [-0.4, -0.2) is 45.0 Å². The number of benzene rings is 1. The first-order valence-corrected chi connectivity index (χ1v) is 6.31. The molecule has 0 aliphatic rings. The molecule has 108 valence electrons. The van der Waals surface area contributed by atoms with Crippen LogP contribution >= 0.6 is 0 Å². The maximum atomic E-state index is 12.8. The fourth-order valence-electron chi connectivity index (χ4n) is 1.97. The molecule has 0 radical (unpaired) electrons. The Morgan fingerprint density at radius 3 is 2.26 bits per heavy atom. The van der Waals surface area contributed by atoms with Crippen LogP contribution in [0.2, 0.25) is 0 Å². The van der Waals surface area contributed by atoms with Gasteiger partial charge in [-0.2, -0.15) is 0 Å². The molecule has 0 bridgehead atoms. The van der Waals surface area contributed by atoms with Crippen molar-refractivity contribution in [3.63, 3.8) is 0 Å². The van der Waals surface area contributed by atoms with Gasteiger partial charge in [-0.25, -0.2) is 4.39 Å². The number of halogens is 1. The summed E-state index contributed by atoms with van der Waals surface area (Å²) in [5, 5.41) is 0. The van der Waals surface area contributed by atoms with Gasteiger partial charge in [0, 0.05) is 39.8 Å². The minimum absolute atomic E-state index is 0.148. The summed E-state index contributed by atoms with van der Waals surface area (Å²) in [4.78, 5) is 2.12. The Labute approximate surface area is 114 Å². The van der Waals surface area contributed by atoms with E-state index in [4.69, 9.17) is 15.2 Å². The zero-order valence-corrected chi connectivity index (χ0v) is 11.8. The molecule has 1 unspecified atom stereocenters. The number of ether oxygens (including phenoxy) is 2. The molecule has 0 aromatic heterocycles. The van der Waals surface area contributed by atoms with E-state index in [-0.39, 0.29) is 18.1 Å². The average molecular weight is 270 g/mol. The molecule has 0 saturated carbocycles. The van der Waals surface area contributed by atoms with E-state index in [9.17, 15) is 4.39 Å². The monoisotopic (exact) mass is 270 g/mol. The van der Waals surface area contributed by atoms with Gasteiger partial charge in [-0.15, -0.1) is 0 Å². The van der Waals surface area contributed by atoms with Crippen molar-refractivity contribution in [1.82, 2.24) is 4.90 Å². The number of nitrogens with zero attached hydrogens (tertiary/aromatic N) is 1. The van der Waals surface area contributed by atoms with E-state index in [0.717, 1.165) is 5.56 Å². The summed E-state index contributed by atoms with van der Waals surface area (Å²) in [5.41, 5.74) is 6.85. The van der Waals surface area contributed by atoms with Crippen molar-refractivity contribution < 1.29 is 13.9 Å². The van der Waals surface area contributed by atoms with Crippen molar-refractivity contribution in [3.05, 3.63) is 35.6 Å². The lowest BCUT2D eigenvalue weighted by Gasteiger charge is -2.29. The topological polar surface area (TPSA) is 47.7 Å². The molecule has 1 atom stereocenters. The third kappa shape index (κ3) is 5.24. The Morgan fingerprint density at radius 1 is 1.21 bits per heavy atom. The van der Waals surface area contributed by atoms with Crippen molar-refractivity contribution in [1.29, 1.82) is 0 Å². The fraction of sp³-hybridized carbons (Fsp3) is 0.571. The molecule has 5 heteroatoms. The molecule has 0 amide bonds. The van der Waals surface area contributed by atoms with Gasteiger partial charge in [0.1, 0.15) is 5.82 Å². The Balaban J connectivity index is 2.57. The largest absolute Gasteiger partial charge is 0.356 e. The normalized spacial score (nSPS) is 13.2. The number of methoxy groups -OCH3 is 2. The van der Waals surface area contributed by atoms with E-state index < -0.39 is 0 Å². The summed E-state index contributed by atoms with van der Waals surface area (Å²) in [7, 11) is 5.21. The predicted molar refractivity (Wildman–Crippen MR) is 73.1 cm³/mol. The molecule has 19 heavy (non-hydrogen) atoms. The van der Waals surface area contributed by atoms with Crippen molar-refractivity contribution in [3.8, 4) is 0 Å². The third-order valence-electron chi connectivity index (χ3n) is 3.23. The molecule has 1 aromatic carbocycles. The summed E-state index contributed by atoms with van der Waals surface area (Å²) in [6, 6.07) is 6.64. The van der Waals surface area contributed by atoms with E-state index in [1.54, 1.807) is 26.4 Å². The second-order valence-corrected chi connectivity index (χ2v) is 4.57. The van der Waals surface area contributed by atoms with E-state index in [0.29, 0.717) is 19.5 Å². The first-order valence-electron chi connectivity index (χ1n) is 6.31. The minimum atomic E-state index is -0.260. The van der Waals surface area contributed by atoms with Crippen molar-refractivity contribution in [2.45, 2.75) is 25.3 Å². The zero-order valence-electron chi connectivity index (χ0n) is 11.8. The highest BCUT2D eigenvalue weighted by molar-refractivity contribution is 5.15. The van der Waals surface area contributed by atoms with Gasteiger partial charge in [-0.1, -0.05) is 12.1 Å². The molecular formula is C14H23FN2O2. The van der Waals surface area contributed by atoms with Gasteiger partial charge in [0.25, 0.3) is 0 Å². The predicted octanol–water partition coefficient (Wildman–Crippen LogP) is 1.59. The van der Waals surface area contributed by atoms with E-state index in [2.05, 4.69) is 4.90 Å². The number of hydrogen-bond donors (Lipinski definition) is 1. The number of hydrogen-bond acceptors (Lipinski definition) is 4. The quantitative estimate of drug-likeness (QED) is 0.729. The van der Waals surface area contributed by atoms with Crippen LogP contribution < -0.4 is 5.73 Å². The van der Waals surface area contributed by atoms with Gasteiger partial charge < -0.3 is 15.2 Å². The third-order valence-corrected chi connectivity index (χ3v) is 3.23. The number of rotatable bonds is 8. The first kappa shape index (κ1) is 16.0. The maximum absolute atomic E-state index is 12.8. The maximum Gasteiger partial charge on any atom is 0.158 e. The van der Waals surface area contributed by atoms with Gasteiger partial charge in [-0.05, 0) is 24.7 Å². The second kappa shape index (κ2) is 8.22. The van der Waals surface area contributed by atoms with Gasteiger partial charge in [0.15, 0.2) is 6.29 Å². The Kier molecular flexibility index (Phi) is 6.94. The van der Waals surface area contributed by atoms with E-state index in [1.807, 2.05) is 7.05 Å². The van der Waals surface area contributed by atoms with E-state index >= 15 is 0 Å². The second-order valence-electron chi connectivity index (χ2n) is 4.57. The lowest BCUT2D eigenvalue weighted by atomic mass is 10.1. The van der Waals surface area contributed by atoms with Gasteiger partial charge in [0.2, 0.25) is 0 Å². The molecule has 0 heterocycles. The SMILES string of the molecule is COC(CC(CN)N(C)Cc1ccc(F)cc1)OC. The van der Waals surface area contributed by atoms with Crippen LogP contribution in [0.4, 0.5) is 4.39 Å². The molecule has 1 rings (SSSR count). The highest BCUT2D eigenvalue weighted by atomic mass is 19.1. The molecule has 0 aliphatic carbocycles. The number of likely N-dealkylation sites (N-methyl/N-ethyl adjacent to an activating group) is 1. The van der Waals surface area contributed by atoms with Crippen LogP contribution in [0.3, 0.4) is 0 Å². The van der Waals surface area contributed by atoms with Crippen LogP contribution in [0.1, 0.15) is 12.0 Å². The molecule has 0 saturated heterocycles. The van der Waals surface area contributed by atoms with Crippen LogP contribution in [0.25, 0.3) is 0 Å². The van der Waals surface area contributed by atoms with Crippen molar-refractivity contribution in [2.24, 2.45) is 5.73 Å². The van der Waals surface area contributed by atoms with Gasteiger partial charge in [0.05, 0.1) is 0 Å². The van der Waals surface area contributed by atoms with Crippen LogP contribution in [-0.2, 0) is 16.0 Å². The average Bonchev–Trinajstić information content (AvgIpc) is 2.42. The van der Waals surface area contributed by atoms with Crippen molar-refractivity contribution in [2.75, 3.05) is 27.8 Å². The smallest absolute Gasteiger partial charge is 0.158 e. The van der Waals surface area contributed by atoms with Crippen LogP contribution in [0.5, 0.6) is 0 Å². The molecule has 0 spiro atoms. The highest BCUT2D eigenvalue weighted by Gasteiger charge is 2.18. The standard InChI is InChI=1S/C14H23FN2O2/c1-17(10-11-4-6-12(15)7-5-11)13(9-16)8-14(18-2)19-3/h4-7,13-14H,8-10,16H2,1-3H3. The summed E-state index contributed by atoms with van der Waals surface area (Å²) in [6.45, 7) is 1.23. The van der Waals surface area contributed by atoms with Crippen LogP contribution in [0.15, 0.2) is 24.3 Å². The Morgan fingerprint density at radius 2 is 1.79 bits per heavy atom. The van der Waals surface area contributed by atoms with Gasteiger partial charge in [-0.3, -0.25) is 4.90 Å². The molecule has 0 fully saturated rings. The first-order chi connectivity index (χ1) is 9.10. The number of nitrogens with two attached hydrogens (primary N) is 1. The van der Waals surface area contributed by atoms with Crippen LogP contribution in [0, 0.1) is 5.82 Å². The highest BCUT2D eigenvalue weighted by Crippen LogP contribution is 2.12. The van der Waals surface area contributed by atoms with Crippen molar-refractivity contribution >= 4 is 0 Å². The van der Waals surface area contributed by atoms with Gasteiger partial charge >= 0.3 is 0 Å². The summed E-state index contributed by atoms with van der Waals surface area (Å²) in [5.74, 6) is -0.222. The Hall–Kier alpha value is -1.01. The molecule has 4 nitrogen and oxygen atoms in total. The summed E-state index contributed by atoms with van der Waals surface area (Å²) in [6.07, 6.45) is 0.436. The lowest BCUT2D eigenvalue weighted by Crippen LogP contribution is -2.40. The minimum Gasteiger partial charge on any atom is -0.356 e. The van der Waals surface area contributed by atoms with E-state index in [1.165, 1.54) is 12.1 Å². The summed E-state index contributed by atoms with van der Waals surface area (Å²) < 4.78 is 23.2.